The molecule has 0 saturated carbocycles. The van der Waals surface area contributed by atoms with E-state index in [0.717, 1.165) is 3.57 Å². The van der Waals surface area contributed by atoms with Crippen molar-refractivity contribution in [2.24, 2.45) is 0 Å². The van der Waals surface area contributed by atoms with E-state index in [1.807, 2.05) is 0 Å². The van der Waals surface area contributed by atoms with E-state index < -0.39 is 9.84 Å². The van der Waals surface area contributed by atoms with Crippen LogP contribution in [0.25, 0.3) is 0 Å². The Morgan fingerprint density at radius 3 is 2.74 bits per heavy atom. The molecule has 1 aromatic rings. The summed E-state index contributed by atoms with van der Waals surface area (Å²) in [5, 5.41) is 0.531. The van der Waals surface area contributed by atoms with Gasteiger partial charge in [-0.2, -0.15) is 0 Å². The Bertz CT molecular complexity index is 617. The molecule has 1 amide bonds. The van der Waals surface area contributed by atoms with Gasteiger partial charge in [-0.15, -0.1) is 0 Å². The Morgan fingerprint density at radius 2 is 2.16 bits per heavy atom. The fourth-order valence-electron chi connectivity index (χ4n) is 2.10. The molecule has 1 aliphatic heterocycles. The maximum Gasteiger partial charge on any atom is 0.254 e. The van der Waals surface area contributed by atoms with Crippen LogP contribution in [0.15, 0.2) is 18.2 Å². The molecule has 4 nitrogen and oxygen atoms in total. The predicted molar refractivity (Wildman–Crippen MR) is 83.3 cm³/mol. The van der Waals surface area contributed by atoms with Gasteiger partial charge in [0.05, 0.1) is 16.5 Å². The summed E-state index contributed by atoms with van der Waals surface area (Å²) < 4.78 is 23.9. The highest BCUT2D eigenvalue weighted by molar-refractivity contribution is 14.1. The number of nitrogens with zero attached hydrogens (tertiary/aromatic N) is 1. The van der Waals surface area contributed by atoms with Gasteiger partial charge in [0, 0.05) is 21.7 Å². The standard InChI is InChI=1S/C12H13ClINO3S/c1-8-7-19(17,18)5-4-15(8)12(16)9-2-3-11(14)10(13)6-9/h2-3,6,8H,4-5,7H2,1H3. The predicted octanol–water partition coefficient (Wildman–Crippen LogP) is 2.20. The second-order valence-corrected chi connectivity index (χ2v) is 8.39. The molecular weight excluding hydrogens is 401 g/mol. The average molecular weight is 414 g/mol. The van der Waals surface area contributed by atoms with Crippen molar-refractivity contribution in [1.29, 1.82) is 0 Å². The Hall–Kier alpha value is -0.340. The molecule has 0 aliphatic carbocycles. The molecule has 1 saturated heterocycles. The van der Waals surface area contributed by atoms with Crippen molar-refractivity contribution in [3.63, 3.8) is 0 Å². The van der Waals surface area contributed by atoms with E-state index in [-0.39, 0.29) is 30.0 Å². The first-order valence-electron chi connectivity index (χ1n) is 5.76. The zero-order valence-corrected chi connectivity index (χ0v) is 14.0. The van der Waals surface area contributed by atoms with E-state index in [1.165, 1.54) is 0 Å². The summed E-state index contributed by atoms with van der Waals surface area (Å²) in [7, 11) is -3.02. The normalized spacial score (nSPS) is 22.3. The topological polar surface area (TPSA) is 54.5 Å². The summed E-state index contributed by atoms with van der Waals surface area (Å²) in [6.45, 7) is 1.99. The van der Waals surface area contributed by atoms with Crippen molar-refractivity contribution in [1.82, 2.24) is 4.90 Å². The molecule has 0 radical (unpaired) electrons. The van der Waals surface area contributed by atoms with Crippen LogP contribution in [0.3, 0.4) is 0 Å². The van der Waals surface area contributed by atoms with Crippen molar-refractivity contribution >= 4 is 49.9 Å². The Kier molecular flexibility index (Phi) is 4.42. The van der Waals surface area contributed by atoms with Crippen LogP contribution in [0.2, 0.25) is 5.02 Å². The number of amides is 1. The number of rotatable bonds is 1. The van der Waals surface area contributed by atoms with Gasteiger partial charge in [0.15, 0.2) is 9.84 Å². The van der Waals surface area contributed by atoms with Gasteiger partial charge < -0.3 is 4.90 Å². The monoisotopic (exact) mass is 413 g/mol. The molecule has 1 heterocycles. The zero-order chi connectivity index (χ0) is 14.2. The lowest BCUT2D eigenvalue weighted by Gasteiger charge is -2.33. The molecule has 1 aliphatic rings. The first kappa shape index (κ1) is 15.1. The third kappa shape index (κ3) is 3.41. The Morgan fingerprint density at radius 1 is 1.47 bits per heavy atom. The summed E-state index contributed by atoms with van der Waals surface area (Å²) in [5.41, 5.74) is 0.497. The summed E-state index contributed by atoms with van der Waals surface area (Å²) in [5.74, 6) is -0.112. The molecule has 0 bridgehead atoms. The van der Waals surface area contributed by atoms with Gasteiger partial charge in [0.1, 0.15) is 0 Å². The van der Waals surface area contributed by atoms with E-state index in [2.05, 4.69) is 22.6 Å². The summed E-state index contributed by atoms with van der Waals surface area (Å²) in [4.78, 5) is 14.0. The van der Waals surface area contributed by atoms with Crippen LogP contribution in [0.1, 0.15) is 17.3 Å². The highest BCUT2D eigenvalue weighted by Crippen LogP contribution is 2.22. The van der Waals surface area contributed by atoms with E-state index in [9.17, 15) is 13.2 Å². The van der Waals surface area contributed by atoms with Gasteiger partial charge in [-0.25, -0.2) is 8.42 Å². The lowest BCUT2D eigenvalue weighted by molar-refractivity contribution is 0.0712. The van der Waals surface area contributed by atoms with Crippen molar-refractivity contribution < 1.29 is 13.2 Å². The second kappa shape index (κ2) is 5.57. The molecule has 19 heavy (non-hydrogen) atoms. The van der Waals surface area contributed by atoms with Crippen LogP contribution in [-0.2, 0) is 9.84 Å². The molecule has 0 N–H and O–H groups in total. The minimum absolute atomic E-state index is 0.0246. The number of sulfone groups is 1. The fourth-order valence-corrected chi connectivity index (χ4v) is 4.17. The molecular formula is C12H13ClINO3S. The molecule has 7 heteroatoms. The Labute approximate surface area is 131 Å². The number of carbonyl (C=O) groups is 1. The van der Waals surface area contributed by atoms with Gasteiger partial charge in [0.25, 0.3) is 5.91 Å². The quantitative estimate of drug-likeness (QED) is 0.663. The van der Waals surface area contributed by atoms with Gasteiger partial charge in [-0.05, 0) is 47.7 Å². The second-order valence-electron chi connectivity index (χ2n) is 4.59. The van der Waals surface area contributed by atoms with E-state index in [4.69, 9.17) is 11.6 Å². The van der Waals surface area contributed by atoms with Crippen molar-refractivity contribution in [3.8, 4) is 0 Å². The van der Waals surface area contributed by atoms with Crippen LogP contribution in [0.4, 0.5) is 0 Å². The molecule has 1 fully saturated rings. The number of benzene rings is 1. The highest BCUT2D eigenvalue weighted by atomic mass is 127. The average Bonchev–Trinajstić information content (AvgIpc) is 2.31. The van der Waals surface area contributed by atoms with Gasteiger partial charge in [0.2, 0.25) is 0 Å². The SMILES string of the molecule is CC1CS(=O)(=O)CCN1C(=O)c1ccc(I)c(Cl)c1. The first-order chi connectivity index (χ1) is 8.80. The lowest BCUT2D eigenvalue weighted by atomic mass is 10.1. The molecule has 0 spiro atoms. The summed E-state index contributed by atoms with van der Waals surface area (Å²) >= 11 is 8.10. The minimum Gasteiger partial charge on any atom is -0.334 e. The third-order valence-electron chi connectivity index (χ3n) is 3.10. The van der Waals surface area contributed by atoms with E-state index >= 15 is 0 Å². The van der Waals surface area contributed by atoms with Gasteiger partial charge >= 0.3 is 0 Å². The maximum absolute atomic E-state index is 12.4. The van der Waals surface area contributed by atoms with Gasteiger partial charge in [-0.3, -0.25) is 4.79 Å². The van der Waals surface area contributed by atoms with Crippen LogP contribution >= 0.6 is 34.2 Å². The summed E-state index contributed by atoms with van der Waals surface area (Å²) in [6.07, 6.45) is 0. The smallest absolute Gasteiger partial charge is 0.254 e. The van der Waals surface area contributed by atoms with E-state index in [1.54, 1.807) is 30.0 Å². The molecule has 1 aromatic carbocycles. The first-order valence-corrected chi connectivity index (χ1v) is 9.04. The molecule has 0 aromatic heterocycles. The molecule has 2 rings (SSSR count). The number of carbonyl (C=O) groups excluding carboxylic acids is 1. The maximum atomic E-state index is 12.4. The number of hydrogen-bond acceptors (Lipinski definition) is 3. The van der Waals surface area contributed by atoms with Gasteiger partial charge in [-0.1, -0.05) is 11.6 Å². The van der Waals surface area contributed by atoms with E-state index in [0.29, 0.717) is 10.6 Å². The molecule has 1 unspecified atom stereocenters. The zero-order valence-electron chi connectivity index (χ0n) is 10.3. The van der Waals surface area contributed by atoms with Crippen molar-refractivity contribution in [2.45, 2.75) is 13.0 Å². The number of hydrogen-bond donors (Lipinski definition) is 0. The molecule has 104 valence electrons. The van der Waals surface area contributed by atoms with Crippen LogP contribution in [-0.4, -0.2) is 43.3 Å². The van der Waals surface area contributed by atoms with Crippen LogP contribution < -0.4 is 0 Å². The lowest BCUT2D eigenvalue weighted by Crippen LogP contribution is -2.49. The molecule has 1 atom stereocenters. The fraction of sp³-hybridized carbons (Fsp3) is 0.417. The van der Waals surface area contributed by atoms with Crippen molar-refractivity contribution in [3.05, 3.63) is 32.4 Å². The van der Waals surface area contributed by atoms with Crippen LogP contribution in [0, 0.1) is 3.57 Å². The summed E-state index contributed by atoms with van der Waals surface area (Å²) in [6, 6.07) is 4.82. The van der Waals surface area contributed by atoms with Crippen molar-refractivity contribution in [2.75, 3.05) is 18.1 Å². The third-order valence-corrected chi connectivity index (χ3v) is 6.46. The van der Waals surface area contributed by atoms with Crippen LogP contribution in [0.5, 0.6) is 0 Å². The largest absolute Gasteiger partial charge is 0.334 e. The number of halogens is 2. The minimum atomic E-state index is -3.02. The Balaban J connectivity index is 2.22. The highest BCUT2D eigenvalue weighted by Gasteiger charge is 2.31.